The topological polar surface area (TPSA) is 12.0 Å². The Labute approximate surface area is 130 Å². The van der Waals surface area contributed by atoms with Gasteiger partial charge in [0.2, 0.25) is 0 Å². The second-order valence-corrected chi connectivity index (χ2v) is 5.77. The molecule has 20 heavy (non-hydrogen) atoms. The van der Waals surface area contributed by atoms with Crippen LogP contribution in [0.15, 0.2) is 48.5 Å². The van der Waals surface area contributed by atoms with Crippen LogP contribution in [0.5, 0.6) is 0 Å². The average Bonchev–Trinajstić information content (AvgIpc) is 2.46. The molecule has 0 amide bonds. The first-order valence-electron chi connectivity index (χ1n) is 6.87. The molecule has 0 saturated carbocycles. The van der Waals surface area contributed by atoms with Crippen LogP contribution >= 0.6 is 23.2 Å². The maximum absolute atomic E-state index is 6.26. The maximum atomic E-state index is 6.26. The van der Waals surface area contributed by atoms with E-state index < -0.39 is 0 Å². The van der Waals surface area contributed by atoms with E-state index in [1.54, 1.807) is 0 Å². The lowest BCUT2D eigenvalue weighted by Crippen LogP contribution is -2.24. The normalized spacial score (nSPS) is 14.0. The summed E-state index contributed by atoms with van der Waals surface area (Å²) in [5.74, 6) is 0. The number of benzene rings is 2. The van der Waals surface area contributed by atoms with E-state index in [1.807, 2.05) is 30.3 Å². The first-order valence-corrected chi connectivity index (χ1v) is 7.63. The summed E-state index contributed by atoms with van der Waals surface area (Å²) in [6, 6.07) is 16.5. The summed E-state index contributed by atoms with van der Waals surface area (Å²) < 4.78 is 0. The van der Waals surface area contributed by atoms with Crippen LogP contribution in [0, 0.1) is 0 Å². The molecule has 2 aromatic rings. The van der Waals surface area contributed by atoms with Crippen molar-refractivity contribution in [2.24, 2.45) is 0 Å². The molecule has 106 valence electrons. The molecule has 2 aromatic carbocycles. The molecular formula is C17H19Cl2N. The van der Waals surface area contributed by atoms with Gasteiger partial charge >= 0.3 is 0 Å². The molecule has 2 unspecified atom stereocenters. The molecule has 0 saturated heterocycles. The predicted molar refractivity (Wildman–Crippen MR) is 87.5 cm³/mol. The monoisotopic (exact) mass is 307 g/mol. The minimum Gasteiger partial charge on any atom is -0.303 e. The van der Waals surface area contributed by atoms with Gasteiger partial charge in [-0.15, -0.1) is 0 Å². The second-order valence-electron chi connectivity index (χ2n) is 4.92. The van der Waals surface area contributed by atoms with Crippen LogP contribution in [-0.4, -0.2) is 0 Å². The Morgan fingerprint density at radius 2 is 1.65 bits per heavy atom. The van der Waals surface area contributed by atoms with Crippen LogP contribution in [0.2, 0.25) is 10.0 Å². The quantitative estimate of drug-likeness (QED) is 0.736. The van der Waals surface area contributed by atoms with Crippen molar-refractivity contribution in [2.75, 3.05) is 0 Å². The smallest absolute Gasteiger partial charge is 0.0453 e. The van der Waals surface area contributed by atoms with Gasteiger partial charge in [0.25, 0.3) is 0 Å². The molecule has 0 fully saturated rings. The summed E-state index contributed by atoms with van der Waals surface area (Å²) in [4.78, 5) is 0. The Bertz CT molecular complexity index is 551. The molecule has 0 aliphatic rings. The molecule has 0 heterocycles. The summed E-state index contributed by atoms with van der Waals surface area (Å²) >= 11 is 12.2. The zero-order valence-corrected chi connectivity index (χ0v) is 13.2. The third-order valence-electron chi connectivity index (χ3n) is 3.50. The van der Waals surface area contributed by atoms with Crippen molar-refractivity contribution in [1.29, 1.82) is 0 Å². The van der Waals surface area contributed by atoms with Crippen molar-refractivity contribution in [1.82, 2.24) is 5.32 Å². The van der Waals surface area contributed by atoms with Crippen molar-refractivity contribution < 1.29 is 0 Å². The van der Waals surface area contributed by atoms with E-state index in [0.29, 0.717) is 6.04 Å². The van der Waals surface area contributed by atoms with E-state index >= 15 is 0 Å². The zero-order chi connectivity index (χ0) is 14.5. The zero-order valence-electron chi connectivity index (χ0n) is 11.7. The van der Waals surface area contributed by atoms with Gasteiger partial charge in [-0.05, 0) is 42.7 Å². The van der Waals surface area contributed by atoms with Gasteiger partial charge in [0.1, 0.15) is 0 Å². The second kappa shape index (κ2) is 7.12. The highest BCUT2D eigenvalue weighted by Crippen LogP contribution is 2.27. The minimum absolute atomic E-state index is 0.198. The van der Waals surface area contributed by atoms with Gasteiger partial charge in [-0.25, -0.2) is 0 Å². The third kappa shape index (κ3) is 3.76. The number of nitrogens with one attached hydrogen (secondary N) is 1. The predicted octanol–water partition coefficient (Wildman–Crippen LogP) is 5.80. The Morgan fingerprint density at radius 1 is 1.00 bits per heavy atom. The standard InChI is InChI=1S/C17H19Cl2N/c1-3-17(13-8-10-14(18)11-9-13)20-12(2)15-6-4-5-7-16(15)19/h4-12,17,20H,3H2,1-2H3. The van der Waals surface area contributed by atoms with Crippen LogP contribution < -0.4 is 5.32 Å². The maximum Gasteiger partial charge on any atom is 0.0453 e. The molecule has 0 bridgehead atoms. The molecule has 0 aromatic heterocycles. The van der Waals surface area contributed by atoms with Gasteiger partial charge in [0, 0.05) is 22.1 Å². The largest absolute Gasteiger partial charge is 0.303 e. The molecule has 0 radical (unpaired) electrons. The van der Waals surface area contributed by atoms with Gasteiger partial charge < -0.3 is 5.32 Å². The van der Waals surface area contributed by atoms with Gasteiger partial charge in [-0.2, -0.15) is 0 Å². The number of hydrogen-bond acceptors (Lipinski definition) is 1. The van der Waals surface area contributed by atoms with Crippen LogP contribution in [0.4, 0.5) is 0 Å². The fourth-order valence-electron chi connectivity index (χ4n) is 2.36. The lowest BCUT2D eigenvalue weighted by Gasteiger charge is -2.23. The number of halogens is 2. The molecule has 0 aliphatic heterocycles. The van der Waals surface area contributed by atoms with Crippen molar-refractivity contribution >= 4 is 23.2 Å². The van der Waals surface area contributed by atoms with E-state index in [9.17, 15) is 0 Å². The van der Waals surface area contributed by atoms with Gasteiger partial charge in [-0.1, -0.05) is 60.5 Å². The Morgan fingerprint density at radius 3 is 2.25 bits per heavy atom. The van der Waals surface area contributed by atoms with Crippen molar-refractivity contribution in [2.45, 2.75) is 32.4 Å². The molecule has 2 rings (SSSR count). The van der Waals surface area contributed by atoms with Crippen LogP contribution in [0.1, 0.15) is 43.5 Å². The van der Waals surface area contributed by atoms with E-state index in [4.69, 9.17) is 23.2 Å². The fourth-order valence-corrected chi connectivity index (χ4v) is 2.79. The molecular weight excluding hydrogens is 289 g/mol. The molecule has 1 N–H and O–H groups in total. The lowest BCUT2D eigenvalue weighted by molar-refractivity contribution is 0.456. The van der Waals surface area contributed by atoms with Crippen molar-refractivity contribution in [3.8, 4) is 0 Å². The van der Waals surface area contributed by atoms with Crippen LogP contribution in [0.25, 0.3) is 0 Å². The highest BCUT2D eigenvalue weighted by atomic mass is 35.5. The van der Waals surface area contributed by atoms with E-state index in [2.05, 4.69) is 37.4 Å². The summed E-state index contributed by atoms with van der Waals surface area (Å²) in [7, 11) is 0. The summed E-state index contributed by atoms with van der Waals surface area (Å²) in [5, 5.41) is 5.20. The Balaban J connectivity index is 2.14. The fraction of sp³-hybridized carbons (Fsp3) is 0.294. The van der Waals surface area contributed by atoms with Gasteiger partial charge in [0.05, 0.1) is 0 Å². The highest BCUT2D eigenvalue weighted by molar-refractivity contribution is 6.31. The third-order valence-corrected chi connectivity index (χ3v) is 4.10. The molecule has 1 nitrogen and oxygen atoms in total. The van der Waals surface area contributed by atoms with Crippen LogP contribution in [0.3, 0.4) is 0 Å². The lowest BCUT2D eigenvalue weighted by atomic mass is 10.0. The summed E-state index contributed by atoms with van der Waals surface area (Å²) in [5.41, 5.74) is 2.37. The molecule has 0 aliphatic carbocycles. The first-order chi connectivity index (χ1) is 9.61. The summed E-state index contributed by atoms with van der Waals surface area (Å²) in [6.45, 7) is 4.31. The molecule has 2 atom stereocenters. The summed E-state index contributed by atoms with van der Waals surface area (Å²) in [6.07, 6.45) is 1.01. The van der Waals surface area contributed by atoms with Crippen molar-refractivity contribution in [3.05, 3.63) is 69.7 Å². The number of rotatable bonds is 5. The van der Waals surface area contributed by atoms with Gasteiger partial charge in [-0.3, -0.25) is 0 Å². The number of hydrogen-bond donors (Lipinski definition) is 1. The highest BCUT2D eigenvalue weighted by Gasteiger charge is 2.15. The van der Waals surface area contributed by atoms with Gasteiger partial charge in [0.15, 0.2) is 0 Å². The van der Waals surface area contributed by atoms with E-state index in [-0.39, 0.29) is 6.04 Å². The average molecular weight is 308 g/mol. The van der Waals surface area contributed by atoms with E-state index in [1.165, 1.54) is 5.56 Å². The van der Waals surface area contributed by atoms with E-state index in [0.717, 1.165) is 22.0 Å². The van der Waals surface area contributed by atoms with Crippen LogP contribution in [-0.2, 0) is 0 Å². The van der Waals surface area contributed by atoms with Crippen molar-refractivity contribution in [3.63, 3.8) is 0 Å². The minimum atomic E-state index is 0.198. The molecule has 0 spiro atoms. The Kier molecular flexibility index (Phi) is 5.47. The SMILES string of the molecule is CCC(NC(C)c1ccccc1Cl)c1ccc(Cl)cc1. The molecule has 3 heteroatoms. The Hall–Kier alpha value is -1.02. The first kappa shape index (κ1) is 15.4.